The van der Waals surface area contributed by atoms with Gasteiger partial charge in [-0.1, -0.05) is 12.8 Å². The van der Waals surface area contributed by atoms with Crippen molar-refractivity contribution in [3.63, 3.8) is 0 Å². The lowest BCUT2D eigenvalue weighted by Crippen LogP contribution is -2.39. The summed E-state index contributed by atoms with van der Waals surface area (Å²) in [6.07, 6.45) is 12.9. The summed E-state index contributed by atoms with van der Waals surface area (Å²) in [5.41, 5.74) is 1.19. The first kappa shape index (κ1) is 19.1. The molecule has 2 fully saturated rings. The maximum Gasteiger partial charge on any atom is 0.193 e. The van der Waals surface area contributed by atoms with Gasteiger partial charge in [0, 0.05) is 45.3 Å². The Balaban J connectivity index is 0.00000196. The van der Waals surface area contributed by atoms with Crippen LogP contribution in [0.25, 0.3) is 5.82 Å². The zero-order valence-corrected chi connectivity index (χ0v) is 17.5. The summed E-state index contributed by atoms with van der Waals surface area (Å²) in [6.45, 7) is 3.06. The van der Waals surface area contributed by atoms with Gasteiger partial charge in [-0.05, 0) is 42.4 Å². The van der Waals surface area contributed by atoms with E-state index in [9.17, 15) is 0 Å². The second-order valence-corrected chi connectivity index (χ2v) is 7.10. The minimum absolute atomic E-state index is 0. The molecule has 0 spiro atoms. The third-order valence-electron chi connectivity index (χ3n) is 5.52. The van der Waals surface area contributed by atoms with Crippen molar-refractivity contribution in [1.82, 2.24) is 24.8 Å². The van der Waals surface area contributed by atoms with E-state index in [4.69, 9.17) is 0 Å². The number of halogens is 1. The van der Waals surface area contributed by atoms with Gasteiger partial charge in [0.25, 0.3) is 0 Å². The SMILES string of the molecule is CN=C(NCc1ccnc(-n2ccnc2)c1)N1CC2CCCCC2C1.I. The number of guanidine groups is 1. The van der Waals surface area contributed by atoms with E-state index in [1.807, 2.05) is 30.1 Å². The monoisotopic (exact) mass is 466 g/mol. The first-order valence-electron chi connectivity index (χ1n) is 9.22. The van der Waals surface area contributed by atoms with Gasteiger partial charge >= 0.3 is 0 Å². The van der Waals surface area contributed by atoms with Crippen molar-refractivity contribution in [3.8, 4) is 5.82 Å². The lowest BCUT2D eigenvalue weighted by molar-refractivity contribution is 0.299. The fraction of sp³-hybridized carbons (Fsp3) is 0.526. The molecule has 6 nitrogen and oxygen atoms in total. The highest BCUT2D eigenvalue weighted by atomic mass is 127. The molecule has 0 amide bonds. The van der Waals surface area contributed by atoms with Crippen LogP contribution in [0.2, 0.25) is 0 Å². The van der Waals surface area contributed by atoms with E-state index in [1.165, 1.54) is 31.2 Å². The van der Waals surface area contributed by atoms with Crippen LogP contribution < -0.4 is 5.32 Å². The topological polar surface area (TPSA) is 58.3 Å². The van der Waals surface area contributed by atoms with Crippen molar-refractivity contribution in [2.24, 2.45) is 16.8 Å². The Bertz CT molecular complexity index is 715. The number of likely N-dealkylation sites (tertiary alicyclic amines) is 1. The number of nitrogens with zero attached hydrogens (tertiary/aromatic N) is 5. The average Bonchev–Trinajstić information content (AvgIpc) is 3.32. The van der Waals surface area contributed by atoms with E-state index < -0.39 is 0 Å². The Morgan fingerprint density at radius 1 is 1.23 bits per heavy atom. The van der Waals surface area contributed by atoms with Crippen LogP contribution in [0.15, 0.2) is 42.0 Å². The molecule has 26 heavy (non-hydrogen) atoms. The zero-order chi connectivity index (χ0) is 17.1. The first-order chi connectivity index (χ1) is 12.3. The van der Waals surface area contributed by atoms with Gasteiger partial charge in [0.1, 0.15) is 12.1 Å². The molecule has 2 atom stereocenters. The number of hydrogen-bond donors (Lipinski definition) is 1. The molecule has 0 radical (unpaired) electrons. The smallest absolute Gasteiger partial charge is 0.193 e. The minimum atomic E-state index is 0. The molecule has 2 aromatic heterocycles. The van der Waals surface area contributed by atoms with E-state index in [0.29, 0.717) is 0 Å². The Labute approximate surface area is 172 Å². The molecule has 1 N–H and O–H groups in total. The molecular weight excluding hydrogens is 439 g/mol. The predicted octanol–water partition coefficient (Wildman–Crippen LogP) is 3.08. The van der Waals surface area contributed by atoms with Crippen LogP contribution in [0.5, 0.6) is 0 Å². The fourth-order valence-corrected chi connectivity index (χ4v) is 4.20. The van der Waals surface area contributed by atoms with Gasteiger partial charge in [0.2, 0.25) is 0 Å². The normalized spacial score (nSPS) is 22.7. The highest BCUT2D eigenvalue weighted by Crippen LogP contribution is 2.35. The predicted molar refractivity (Wildman–Crippen MR) is 114 cm³/mol. The number of rotatable bonds is 3. The first-order valence-corrected chi connectivity index (χ1v) is 9.22. The van der Waals surface area contributed by atoms with Crippen LogP contribution in [0.1, 0.15) is 31.2 Å². The van der Waals surface area contributed by atoms with Crippen molar-refractivity contribution in [2.45, 2.75) is 32.2 Å². The second kappa shape index (κ2) is 8.83. The third kappa shape index (κ3) is 4.19. The minimum Gasteiger partial charge on any atom is -0.352 e. The highest BCUT2D eigenvalue weighted by molar-refractivity contribution is 14.0. The van der Waals surface area contributed by atoms with Gasteiger partial charge in [-0.15, -0.1) is 24.0 Å². The van der Waals surface area contributed by atoms with E-state index in [-0.39, 0.29) is 24.0 Å². The quantitative estimate of drug-likeness (QED) is 0.429. The van der Waals surface area contributed by atoms with E-state index >= 15 is 0 Å². The van der Waals surface area contributed by atoms with Gasteiger partial charge in [0.05, 0.1) is 0 Å². The lowest BCUT2D eigenvalue weighted by atomic mass is 9.82. The Morgan fingerprint density at radius 2 is 2.00 bits per heavy atom. The summed E-state index contributed by atoms with van der Waals surface area (Å²) in [4.78, 5) is 15.5. The molecule has 2 unspecified atom stereocenters. The van der Waals surface area contributed by atoms with Crippen molar-refractivity contribution in [3.05, 3.63) is 42.6 Å². The zero-order valence-electron chi connectivity index (χ0n) is 15.2. The number of pyridine rings is 1. The number of nitrogens with one attached hydrogen (secondary N) is 1. The molecule has 0 aromatic carbocycles. The van der Waals surface area contributed by atoms with E-state index in [0.717, 1.165) is 43.2 Å². The average molecular weight is 466 g/mol. The standard InChI is InChI=1S/C19H26N6.HI/c1-20-19(25-12-16-4-2-3-5-17(16)13-25)23-11-15-6-7-22-18(10-15)24-9-8-21-14-24;/h6-10,14,16-17H,2-5,11-13H2,1H3,(H,20,23);1H. The number of aromatic nitrogens is 3. The summed E-state index contributed by atoms with van der Waals surface area (Å²) < 4.78 is 1.92. The summed E-state index contributed by atoms with van der Waals surface area (Å²) in [6, 6.07) is 4.14. The summed E-state index contributed by atoms with van der Waals surface area (Å²) in [7, 11) is 1.88. The molecule has 4 rings (SSSR count). The molecule has 0 bridgehead atoms. The Hall–Kier alpha value is -1.64. The summed E-state index contributed by atoms with van der Waals surface area (Å²) in [5.74, 6) is 3.64. The Morgan fingerprint density at radius 3 is 2.65 bits per heavy atom. The number of fused-ring (bicyclic) bond motifs is 1. The molecule has 7 heteroatoms. The second-order valence-electron chi connectivity index (χ2n) is 7.10. The molecule has 1 saturated carbocycles. The van der Waals surface area contributed by atoms with E-state index in [1.54, 1.807) is 12.5 Å². The van der Waals surface area contributed by atoms with Crippen LogP contribution in [0.3, 0.4) is 0 Å². The van der Waals surface area contributed by atoms with Gasteiger partial charge in [-0.3, -0.25) is 9.56 Å². The van der Waals surface area contributed by atoms with Crippen LogP contribution >= 0.6 is 24.0 Å². The maximum absolute atomic E-state index is 4.52. The van der Waals surface area contributed by atoms with Crippen LogP contribution in [-0.2, 0) is 6.54 Å². The molecule has 3 heterocycles. The molecule has 1 saturated heterocycles. The van der Waals surface area contributed by atoms with Gasteiger partial charge in [-0.2, -0.15) is 0 Å². The molecule has 1 aliphatic carbocycles. The third-order valence-corrected chi connectivity index (χ3v) is 5.52. The highest BCUT2D eigenvalue weighted by Gasteiger charge is 2.35. The molecule has 1 aliphatic heterocycles. The van der Waals surface area contributed by atoms with Gasteiger partial charge in [-0.25, -0.2) is 9.97 Å². The van der Waals surface area contributed by atoms with Crippen LogP contribution in [0.4, 0.5) is 0 Å². The van der Waals surface area contributed by atoms with Crippen molar-refractivity contribution < 1.29 is 0 Å². The molecule has 140 valence electrons. The van der Waals surface area contributed by atoms with Gasteiger partial charge in [0.15, 0.2) is 5.96 Å². The molecule has 2 aliphatic rings. The van der Waals surface area contributed by atoms with Crippen molar-refractivity contribution >= 4 is 29.9 Å². The number of imidazole rings is 1. The largest absolute Gasteiger partial charge is 0.352 e. The van der Waals surface area contributed by atoms with Crippen LogP contribution in [-0.4, -0.2) is 45.5 Å². The number of aliphatic imine (C=N–C) groups is 1. The fourth-order valence-electron chi connectivity index (χ4n) is 4.20. The molecule has 2 aromatic rings. The van der Waals surface area contributed by atoms with E-state index in [2.05, 4.69) is 31.2 Å². The van der Waals surface area contributed by atoms with Gasteiger partial charge < -0.3 is 10.2 Å². The number of hydrogen-bond acceptors (Lipinski definition) is 3. The van der Waals surface area contributed by atoms with Crippen molar-refractivity contribution in [1.29, 1.82) is 0 Å². The maximum atomic E-state index is 4.52. The summed E-state index contributed by atoms with van der Waals surface area (Å²) in [5, 5.41) is 3.53. The van der Waals surface area contributed by atoms with Crippen molar-refractivity contribution in [2.75, 3.05) is 20.1 Å². The van der Waals surface area contributed by atoms with Crippen LogP contribution in [0, 0.1) is 11.8 Å². The summed E-state index contributed by atoms with van der Waals surface area (Å²) >= 11 is 0. The Kier molecular flexibility index (Phi) is 6.50. The lowest BCUT2D eigenvalue weighted by Gasteiger charge is -2.22. The molecular formula is C19H27IN6.